The van der Waals surface area contributed by atoms with Crippen molar-refractivity contribution in [1.29, 1.82) is 0 Å². The molecule has 5 heteroatoms. The Morgan fingerprint density at radius 2 is 1.84 bits per heavy atom. The maximum atomic E-state index is 10.9. The van der Waals surface area contributed by atoms with Gasteiger partial charge in [0.1, 0.15) is 17.3 Å². The van der Waals surface area contributed by atoms with E-state index in [4.69, 9.17) is 13.6 Å². The molecule has 0 aromatic carbocycles. The number of methoxy groups -OCH3 is 1. The van der Waals surface area contributed by atoms with Crippen molar-refractivity contribution in [2.24, 2.45) is 0 Å². The molecule has 2 heterocycles. The van der Waals surface area contributed by atoms with Crippen LogP contribution in [0.15, 0.2) is 63.7 Å². The highest BCUT2D eigenvalue weighted by molar-refractivity contribution is 5.35. The topological polar surface area (TPSA) is 59.0 Å². The molecule has 136 valence electrons. The van der Waals surface area contributed by atoms with Crippen LogP contribution < -0.4 is 0 Å². The van der Waals surface area contributed by atoms with E-state index in [1.165, 1.54) is 0 Å². The zero-order valence-electron chi connectivity index (χ0n) is 15.2. The number of furan rings is 2. The van der Waals surface area contributed by atoms with Gasteiger partial charge in [0.2, 0.25) is 0 Å². The predicted molar refractivity (Wildman–Crippen MR) is 96.9 cm³/mol. The van der Waals surface area contributed by atoms with E-state index in [-0.39, 0.29) is 0 Å². The third-order valence-corrected chi connectivity index (χ3v) is 4.20. The number of nitrogens with zero attached hydrogens (tertiary/aromatic N) is 1. The third-order valence-electron chi connectivity index (χ3n) is 4.20. The van der Waals surface area contributed by atoms with Crippen LogP contribution in [-0.4, -0.2) is 30.3 Å². The van der Waals surface area contributed by atoms with Crippen molar-refractivity contribution >= 4 is 0 Å². The number of ether oxygens (including phenoxy) is 1. The van der Waals surface area contributed by atoms with Gasteiger partial charge in [-0.15, -0.1) is 0 Å². The molecule has 1 N–H and O–H groups in total. The molecule has 0 bridgehead atoms. The van der Waals surface area contributed by atoms with E-state index in [9.17, 15) is 5.11 Å². The van der Waals surface area contributed by atoms with Crippen LogP contribution in [-0.2, 0) is 23.4 Å². The minimum absolute atomic E-state index is 0.437. The van der Waals surface area contributed by atoms with Gasteiger partial charge >= 0.3 is 0 Å². The number of aliphatic hydroxyl groups is 1. The summed E-state index contributed by atoms with van der Waals surface area (Å²) in [5.74, 6) is 2.06. The molecular weight excluding hydrogens is 318 g/mol. The fraction of sp³-hybridized carbons (Fsp3) is 0.400. The highest BCUT2D eigenvalue weighted by Gasteiger charge is 2.34. The summed E-state index contributed by atoms with van der Waals surface area (Å²) in [5.41, 5.74) is -0.197. The van der Waals surface area contributed by atoms with E-state index >= 15 is 0 Å². The van der Waals surface area contributed by atoms with E-state index in [0.29, 0.717) is 36.6 Å². The Labute approximate surface area is 149 Å². The first-order valence-corrected chi connectivity index (χ1v) is 8.25. The second-order valence-corrected chi connectivity index (χ2v) is 6.32. The Balaban J connectivity index is 2.15. The minimum atomic E-state index is -1.35. The lowest BCUT2D eigenvalue weighted by Gasteiger charge is -2.27. The molecule has 0 spiro atoms. The zero-order chi connectivity index (χ0) is 18.4. The second-order valence-electron chi connectivity index (χ2n) is 6.32. The van der Waals surface area contributed by atoms with Crippen LogP contribution in [0, 0.1) is 0 Å². The molecule has 0 unspecified atom stereocenters. The summed E-state index contributed by atoms with van der Waals surface area (Å²) in [6.45, 7) is 13.8. The SMILES string of the molecule is C=C(C)C(O)(C(=C)C)c1ccc(CN(CCOC)Cc2ccco2)o1. The fourth-order valence-corrected chi connectivity index (χ4v) is 2.72. The van der Waals surface area contributed by atoms with E-state index in [2.05, 4.69) is 18.1 Å². The van der Waals surface area contributed by atoms with Gasteiger partial charge in [0.15, 0.2) is 5.60 Å². The largest absolute Gasteiger partial charge is 0.468 e. The van der Waals surface area contributed by atoms with Crippen LogP contribution in [0.4, 0.5) is 0 Å². The first kappa shape index (κ1) is 19.2. The lowest BCUT2D eigenvalue weighted by Crippen LogP contribution is -2.27. The molecule has 2 aromatic rings. The summed E-state index contributed by atoms with van der Waals surface area (Å²) < 4.78 is 16.5. The highest BCUT2D eigenvalue weighted by atomic mass is 16.5. The summed E-state index contributed by atoms with van der Waals surface area (Å²) in [7, 11) is 1.68. The Morgan fingerprint density at radius 3 is 2.40 bits per heavy atom. The second kappa shape index (κ2) is 8.34. The van der Waals surface area contributed by atoms with Crippen molar-refractivity contribution in [3.63, 3.8) is 0 Å². The Bertz CT molecular complexity index is 685. The summed E-state index contributed by atoms with van der Waals surface area (Å²) in [6.07, 6.45) is 1.66. The molecule has 0 saturated carbocycles. The molecule has 0 amide bonds. The molecule has 0 saturated heterocycles. The van der Waals surface area contributed by atoms with Crippen LogP contribution in [0.25, 0.3) is 0 Å². The van der Waals surface area contributed by atoms with Crippen molar-refractivity contribution in [2.45, 2.75) is 32.5 Å². The molecule has 25 heavy (non-hydrogen) atoms. The van der Waals surface area contributed by atoms with E-state index in [1.54, 1.807) is 33.3 Å². The van der Waals surface area contributed by atoms with Crippen LogP contribution in [0.3, 0.4) is 0 Å². The molecular formula is C20H27NO4. The van der Waals surface area contributed by atoms with Gasteiger partial charge in [0, 0.05) is 13.7 Å². The molecule has 0 radical (unpaired) electrons. The average molecular weight is 345 g/mol. The zero-order valence-corrected chi connectivity index (χ0v) is 15.2. The van der Waals surface area contributed by atoms with E-state index in [0.717, 1.165) is 18.1 Å². The van der Waals surface area contributed by atoms with Crippen molar-refractivity contribution < 1.29 is 18.7 Å². The fourth-order valence-electron chi connectivity index (χ4n) is 2.72. The normalized spacial score (nSPS) is 11.9. The van der Waals surface area contributed by atoms with Crippen LogP contribution in [0.2, 0.25) is 0 Å². The summed E-state index contributed by atoms with van der Waals surface area (Å²) >= 11 is 0. The molecule has 5 nitrogen and oxygen atoms in total. The molecule has 0 aliphatic heterocycles. The molecule has 0 aliphatic rings. The summed E-state index contributed by atoms with van der Waals surface area (Å²) in [5, 5.41) is 10.9. The number of rotatable bonds is 10. The standard InChI is InChI=1S/C20H27NO4/c1-15(2)20(22,16(3)4)19-9-8-18(25-19)14-21(10-12-23-5)13-17-7-6-11-24-17/h6-9,11,22H,1,3,10,12-14H2,2,4-5H3. The van der Waals surface area contributed by atoms with Crippen molar-refractivity contribution in [3.8, 4) is 0 Å². The third kappa shape index (κ3) is 4.51. The Kier molecular flexibility index (Phi) is 6.42. The van der Waals surface area contributed by atoms with Gasteiger partial charge in [0.05, 0.1) is 26.0 Å². The lowest BCUT2D eigenvalue weighted by atomic mass is 9.87. The molecule has 0 atom stereocenters. The average Bonchev–Trinajstić information content (AvgIpc) is 3.23. The summed E-state index contributed by atoms with van der Waals surface area (Å²) in [6, 6.07) is 7.46. The molecule has 0 fully saturated rings. The highest BCUT2D eigenvalue weighted by Crippen LogP contribution is 2.35. The van der Waals surface area contributed by atoms with Gasteiger partial charge in [-0.25, -0.2) is 0 Å². The van der Waals surface area contributed by atoms with Gasteiger partial charge in [0.25, 0.3) is 0 Å². The predicted octanol–water partition coefficient (Wildman–Crippen LogP) is 3.86. The number of hydrogen-bond acceptors (Lipinski definition) is 5. The Hall–Kier alpha value is -2.08. The van der Waals surface area contributed by atoms with Crippen LogP contribution >= 0.6 is 0 Å². The van der Waals surface area contributed by atoms with Gasteiger partial charge < -0.3 is 18.7 Å². The minimum Gasteiger partial charge on any atom is -0.468 e. The first-order chi connectivity index (χ1) is 11.9. The van der Waals surface area contributed by atoms with Crippen LogP contribution in [0.1, 0.15) is 31.1 Å². The molecule has 0 aliphatic carbocycles. The first-order valence-electron chi connectivity index (χ1n) is 8.25. The van der Waals surface area contributed by atoms with Crippen LogP contribution in [0.5, 0.6) is 0 Å². The quantitative estimate of drug-likeness (QED) is 0.663. The van der Waals surface area contributed by atoms with Gasteiger partial charge in [-0.1, -0.05) is 13.2 Å². The van der Waals surface area contributed by atoms with Crippen molar-refractivity contribution in [1.82, 2.24) is 4.90 Å². The van der Waals surface area contributed by atoms with Crippen molar-refractivity contribution in [3.05, 3.63) is 72.1 Å². The monoisotopic (exact) mass is 345 g/mol. The lowest BCUT2D eigenvalue weighted by molar-refractivity contribution is 0.0858. The van der Waals surface area contributed by atoms with Crippen molar-refractivity contribution in [2.75, 3.05) is 20.3 Å². The molecule has 2 rings (SSSR count). The van der Waals surface area contributed by atoms with Gasteiger partial charge in [-0.3, -0.25) is 4.90 Å². The van der Waals surface area contributed by atoms with Gasteiger partial charge in [-0.2, -0.15) is 0 Å². The smallest absolute Gasteiger partial charge is 0.163 e. The van der Waals surface area contributed by atoms with E-state index in [1.807, 2.05) is 18.2 Å². The Morgan fingerprint density at radius 1 is 1.16 bits per heavy atom. The maximum absolute atomic E-state index is 10.9. The van der Waals surface area contributed by atoms with E-state index < -0.39 is 5.60 Å². The molecule has 2 aromatic heterocycles. The number of hydrogen-bond donors (Lipinski definition) is 1. The summed E-state index contributed by atoms with van der Waals surface area (Å²) in [4.78, 5) is 2.16. The van der Waals surface area contributed by atoms with Gasteiger partial charge in [-0.05, 0) is 49.3 Å². The maximum Gasteiger partial charge on any atom is 0.163 e.